The van der Waals surface area contributed by atoms with Gasteiger partial charge in [-0.15, -0.1) is 10.2 Å². The highest BCUT2D eigenvalue weighted by Gasteiger charge is 2.45. The molecule has 0 saturated carbocycles. The van der Waals surface area contributed by atoms with Gasteiger partial charge in [0.15, 0.2) is 11.5 Å². The molecule has 2 fully saturated rings. The lowest BCUT2D eigenvalue weighted by molar-refractivity contribution is -0.130. The smallest absolute Gasteiger partial charge is 0.422 e. The summed E-state index contributed by atoms with van der Waals surface area (Å²) in [6.07, 6.45) is 2.71. The minimum Gasteiger partial charge on any atom is -0.444 e. The monoisotopic (exact) mass is 808 g/mol. The van der Waals surface area contributed by atoms with Crippen LogP contribution in [-0.2, 0) is 30.3 Å². The SMILES string of the molecule is CC.CCC(=O)N1CCC2(CCN(c3cnc(N(C=O)C(=O)OC(C)(C)C)c(-c4nnc(-c5ccc(CN(C)C(=O)OC(C)(C)C)cc5)o4)n3)C2)C1.COC(C)(C)C. The Kier molecular flexibility index (Phi) is 15.9. The maximum absolute atomic E-state index is 13.1. The molecule has 2 aliphatic heterocycles. The van der Waals surface area contributed by atoms with Gasteiger partial charge >= 0.3 is 12.2 Å². The summed E-state index contributed by atoms with van der Waals surface area (Å²) in [5, 5.41) is 8.46. The van der Waals surface area contributed by atoms with E-state index < -0.39 is 23.4 Å². The van der Waals surface area contributed by atoms with Crippen molar-refractivity contribution in [3.8, 4) is 23.0 Å². The predicted molar refractivity (Wildman–Crippen MR) is 222 cm³/mol. The standard InChI is InChI=1S/C35H46N8O7.C5H12O.C2H6/c1-9-26(45)42-17-15-35(21-42)14-16-41(20-35)25-18-36-28(43(22-44)32(47)50-34(5,6)7)27(37-25)30-39-38-29(48-30)24-12-10-23(11-13-24)19-40(8)31(46)49-33(2,3)4;1-5(2,3)6-4;1-2/h10-13,18,22H,9,14-17,19-21H2,1-8H3;1-4H3;1-2H3. The highest BCUT2D eigenvalue weighted by atomic mass is 16.6. The minimum atomic E-state index is -0.936. The number of ether oxygens (including phenoxy) is 3. The first-order valence-corrected chi connectivity index (χ1v) is 19.9. The number of hydrogen-bond acceptors (Lipinski definition) is 13. The molecule has 2 aliphatic rings. The average Bonchev–Trinajstić information content (AvgIpc) is 3.92. The van der Waals surface area contributed by atoms with E-state index in [0.717, 1.165) is 29.8 Å². The number of aromatic nitrogens is 4. The molecule has 0 aliphatic carbocycles. The number of carbonyl (C=O) groups is 4. The van der Waals surface area contributed by atoms with Gasteiger partial charge in [0.05, 0.1) is 11.8 Å². The highest BCUT2D eigenvalue weighted by molar-refractivity contribution is 6.04. The molecule has 58 heavy (non-hydrogen) atoms. The molecule has 16 heteroatoms. The molecule has 1 atom stereocenters. The first kappa shape index (κ1) is 47.3. The van der Waals surface area contributed by atoms with Crippen LogP contribution in [0, 0.1) is 5.41 Å². The van der Waals surface area contributed by atoms with Gasteiger partial charge in [-0.05, 0) is 92.9 Å². The fourth-order valence-electron chi connectivity index (χ4n) is 6.04. The van der Waals surface area contributed by atoms with Crippen LogP contribution in [-0.4, -0.2) is 112 Å². The fraction of sp³-hybridized carbons (Fsp3) is 0.619. The second-order valence-corrected chi connectivity index (χ2v) is 17.2. The molecule has 5 rings (SSSR count). The number of carbonyl (C=O) groups excluding carboxylic acids is 4. The van der Waals surface area contributed by atoms with Crippen LogP contribution in [0.1, 0.15) is 108 Å². The van der Waals surface area contributed by atoms with Crippen LogP contribution >= 0.6 is 0 Å². The van der Waals surface area contributed by atoms with Gasteiger partial charge in [-0.2, -0.15) is 4.90 Å². The van der Waals surface area contributed by atoms with Crippen molar-refractivity contribution in [3.63, 3.8) is 0 Å². The van der Waals surface area contributed by atoms with Crippen molar-refractivity contribution in [2.75, 3.05) is 50.1 Å². The predicted octanol–water partition coefficient (Wildman–Crippen LogP) is 7.75. The highest BCUT2D eigenvalue weighted by Crippen LogP contribution is 2.42. The van der Waals surface area contributed by atoms with Crippen molar-refractivity contribution in [1.29, 1.82) is 0 Å². The molecular formula is C42H64N8O8. The Bertz CT molecular complexity index is 1840. The van der Waals surface area contributed by atoms with Crippen LogP contribution < -0.4 is 9.80 Å². The largest absolute Gasteiger partial charge is 0.444 e. The Balaban J connectivity index is 0.00000103. The van der Waals surface area contributed by atoms with Gasteiger partial charge < -0.3 is 33.3 Å². The molecule has 2 aromatic heterocycles. The molecule has 320 valence electrons. The molecule has 0 N–H and O–H groups in total. The van der Waals surface area contributed by atoms with Crippen LogP contribution in [0.3, 0.4) is 0 Å². The van der Waals surface area contributed by atoms with E-state index in [4.69, 9.17) is 23.6 Å². The van der Waals surface area contributed by atoms with E-state index in [1.165, 1.54) is 11.1 Å². The van der Waals surface area contributed by atoms with E-state index in [0.29, 0.717) is 50.4 Å². The third kappa shape index (κ3) is 13.2. The summed E-state index contributed by atoms with van der Waals surface area (Å²) in [5.74, 6) is 0.657. The topological polar surface area (TPSA) is 174 Å². The second kappa shape index (κ2) is 19.6. The molecule has 0 bridgehead atoms. The van der Waals surface area contributed by atoms with Gasteiger partial charge in [0, 0.05) is 64.3 Å². The van der Waals surface area contributed by atoms with Crippen LogP contribution in [0.15, 0.2) is 34.9 Å². The van der Waals surface area contributed by atoms with Crippen molar-refractivity contribution in [2.24, 2.45) is 5.41 Å². The molecule has 3 aromatic rings. The lowest BCUT2D eigenvalue weighted by Gasteiger charge is -2.26. The Hall–Kier alpha value is -5.12. The summed E-state index contributed by atoms with van der Waals surface area (Å²) in [6, 6.07) is 7.25. The van der Waals surface area contributed by atoms with E-state index in [1.807, 2.05) is 79.3 Å². The van der Waals surface area contributed by atoms with Crippen molar-refractivity contribution < 1.29 is 37.8 Å². The summed E-state index contributed by atoms with van der Waals surface area (Å²) >= 11 is 0. The van der Waals surface area contributed by atoms with Crippen LogP contribution in [0.2, 0.25) is 0 Å². The zero-order valence-corrected chi connectivity index (χ0v) is 37.0. The summed E-state index contributed by atoms with van der Waals surface area (Å²) in [7, 11) is 3.37. The number of rotatable bonds is 8. The third-order valence-electron chi connectivity index (χ3n) is 9.09. The van der Waals surface area contributed by atoms with Gasteiger partial charge in [0.1, 0.15) is 17.0 Å². The third-order valence-corrected chi connectivity index (χ3v) is 9.09. The lowest BCUT2D eigenvalue weighted by Crippen LogP contribution is -2.37. The van der Waals surface area contributed by atoms with Crippen LogP contribution in [0.25, 0.3) is 23.0 Å². The Morgan fingerprint density at radius 3 is 1.98 bits per heavy atom. The molecule has 4 heterocycles. The fourth-order valence-corrected chi connectivity index (χ4v) is 6.04. The first-order valence-electron chi connectivity index (χ1n) is 19.9. The Morgan fingerprint density at radius 2 is 1.43 bits per heavy atom. The lowest BCUT2D eigenvalue weighted by atomic mass is 9.86. The Morgan fingerprint density at radius 1 is 0.862 bits per heavy atom. The van der Waals surface area contributed by atoms with E-state index in [9.17, 15) is 19.2 Å². The number of benzene rings is 1. The number of amides is 4. The minimum absolute atomic E-state index is 0.0324. The molecule has 1 aromatic carbocycles. The zero-order chi connectivity index (χ0) is 43.6. The number of nitrogens with zero attached hydrogens (tertiary/aromatic N) is 8. The molecule has 2 saturated heterocycles. The maximum atomic E-state index is 13.1. The van der Waals surface area contributed by atoms with E-state index in [-0.39, 0.29) is 40.2 Å². The van der Waals surface area contributed by atoms with Gasteiger partial charge in [-0.1, -0.05) is 32.9 Å². The molecule has 4 amide bonds. The van der Waals surface area contributed by atoms with E-state index >= 15 is 0 Å². The average molecular weight is 809 g/mol. The maximum Gasteiger partial charge on any atom is 0.422 e. The zero-order valence-electron chi connectivity index (χ0n) is 37.0. The second-order valence-electron chi connectivity index (χ2n) is 17.2. The number of hydrogen-bond donors (Lipinski definition) is 0. The van der Waals surface area contributed by atoms with Gasteiger partial charge in [-0.25, -0.2) is 19.6 Å². The summed E-state index contributed by atoms with van der Waals surface area (Å²) in [5.41, 5.74) is -0.00196. The summed E-state index contributed by atoms with van der Waals surface area (Å²) in [6.45, 7) is 25.6. The van der Waals surface area contributed by atoms with Crippen molar-refractivity contribution in [1.82, 2.24) is 30.0 Å². The number of anilines is 2. The van der Waals surface area contributed by atoms with E-state index in [2.05, 4.69) is 20.1 Å². The number of methoxy groups -OCH3 is 1. The van der Waals surface area contributed by atoms with Gasteiger partial charge in [0.25, 0.3) is 5.89 Å². The molecular weight excluding hydrogens is 745 g/mol. The molecule has 0 radical (unpaired) electrons. The summed E-state index contributed by atoms with van der Waals surface area (Å²) < 4.78 is 21.9. The van der Waals surface area contributed by atoms with E-state index in [1.54, 1.807) is 47.1 Å². The number of likely N-dealkylation sites (tertiary alicyclic amines) is 1. The van der Waals surface area contributed by atoms with Crippen LogP contribution in [0.5, 0.6) is 0 Å². The normalized spacial score (nSPS) is 16.5. The summed E-state index contributed by atoms with van der Waals surface area (Å²) in [4.78, 5) is 65.8. The van der Waals surface area contributed by atoms with Gasteiger partial charge in [-0.3, -0.25) is 9.59 Å². The van der Waals surface area contributed by atoms with Crippen molar-refractivity contribution in [2.45, 2.75) is 126 Å². The van der Waals surface area contributed by atoms with Crippen molar-refractivity contribution in [3.05, 3.63) is 36.0 Å². The van der Waals surface area contributed by atoms with Crippen molar-refractivity contribution >= 4 is 36.1 Å². The van der Waals surface area contributed by atoms with Crippen LogP contribution in [0.4, 0.5) is 21.2 Å². The first-order chi connectivity index (χ1) is 27.1. The molecule has 1 unspecified atom stereocenters. The quantitative estimate of drug-likeness (QED) is 0.202. The number of imide groups is 1. The Labute approximate surface area is 343 Å². The van der Waals surface area contributed by atoms with Gasteiger partial charge in [0.2, 0.25) is 18.2 Å². The molecule has 1 spiro atoms. The molecule has 16 nitrogen and oxygen atoms in total.